The maximum atomic E-state index is 13.1. The molecule has 0 aliphatic rings. The molecule has 0 heterocycles. The number of anilines is 1. The third kappa shape index (κ3) is 3.57. The number of carbonyl (C=O) groups is 1. The van der Waals surface area contributed by atoms with Crippen LogP contribution in [0.25, 0.3) is 0 Å². The molecule has 3 nitrogen and oxygen atoms in total. The number of nitrogens with one attached hydrogen (secondary N) is 1. The third-order valence-corrected chi connectivity index (χ3v) is 3.77. The Balaban J connectivity index is 2.39. The first-order chi connectivity index (χ1) is 11.2. The van der Waals surface area contributed by atoms with Gasteiger partial charge in [0.2, 0.25) is 5.91 Å². The van der Waals surface area contributed by atoms with E-state index in [-0.39, 0.29) is 5.56 Å². The maximum absolute atomic E-state index is 13.1. The van der Waals surface area contributed by atoms with Crippen LogP contribution in [0, 0.1) is 11.3 Å². The second kappa shape index (κ2) is 6.36. The lowest BCUT2D eigenvalue weighted by atomic mass is 9.82. The molecule has 0 radical (unpaired) electrons. The van der Waals surface area contributed by atoms with Crippen molar-refractivity contribution in [2.24, 2.45) is 0 Å². The number of benzene rings is 2. The Morgan fingerprint density at radius 2 is 1.71 bits per heavy atom. The maximum Gasteiger partial charge on any atom is 0.417 e. The molecule has 0 aromatic heterocycles. The largest absolute Gasteiger partial charge is 0.417 e. The molecule has 0 atom stereocenters. The molecule has 6 heteroatoms. The highest BCUT2D eigenvalue weighted by Crippen LogP contribution is 2.35. The third-order valence-electron chi connectivity index (χ3n) is 3.77. The fourth-order valence-electron chi connectivity index (χ4n) is 2.20. The van der Waals surface area contributed by atoms with Gasteiger partial charge in [-0.25, -0.2) is 0 Å². The summed E-state index contributed by atoms with van der Waals surface area (Å²) in [5.41, 5.74) is -1.97. The van der Waals surface area contributed by atoms with E-state index in [1.807, 2.05) is 0 Å². The second-order valence-electron chi connectivity index (χ2n) is 5.82. The summed E-state index contributed by atoms with van der Waals surface area (Å²) in [5, 5.41) is 11.5. The molecular formula is C18H15F3N2O. The van der Waals surface area contributed by atoms with Crippen LogP contribution in [0.15, 0.2) is 48.5 Å². The molecule has 0 saturated carbocycles. The molecule has 0 bridgehead atoms. The van der Waals surface area contributed by atoms with Gasteiger partial charge in [0.15, 0.2) is 0 Å². The van der Waals surface area contributed by atoms with Crippen LogP contribution in [-0.2, 0) is 16.4 Å². The fraction of sp³-hybridized carbons (Fsp3) is 0.222. The van der Waals surface area contributed by atoms with Crippen molar-refractivity contribution in [1.29, 1.82) is 5.26 Å². The Kier molecular flexibility index (Phi) is 4.65. The number of nitriles is 1. The highest BCUT2D eigenvalue weighted by molar-refractivity contribution is 5.98. The van der Waals surface area contributed by atoms with E-state index < -0.39 is 28.6 Å². The minimum absolute atomic E-state index is 0.183. The lowest BCUT2D eigenvalue weighted by Crippen LogP contribution is -2.35. The molecule has 2 aromatic rings. The van der Waals surface area contributed by atoms with E-state index in [0.29, 0.717) is 5.69 Å². The standard InChI is InChI=1S/C18H15F3N2O/c1-17(2,16(24)23-14-6-4-3-5-7-14)13-9-8-12(11-22)15(10-13)18(19,20)21/h3-10H,1-2H3,(H,23,24). The zero-order valence-corrected chi connectivity index (χ0v) is 13.1. The minimum atomic E-state index is -4.66. The summed E-state index contributed by atoms with van der Waals surface area (Å²) in [6.07, 6.45) is -4.66. The summed E-state index contributed by atoms with van der Waals surface area (Å²) in [6.45, 7) is 3.07. The number of carbonyl (C=O) groups excluding carboxylic acids is 1. The van der Waals surface area contributed by atoms with Gasteiger partial charge in [-0.05, 0) is 43.7 Å². The van der Waals surface area contributed by atoms with Crippen LogP contribution < -0.4 is 5.32 Å². The van der Waals surface area contributed by atoms with Crippen LogP contribution in [0.1, 0.15) is 30.5 Å². The Labute approximate surface area is 137 Å². The summed E-state index contributed by atoms with van der Waals surface area (Å²) in [4.78, 5) is 12.5. The van der Waals surface area contributed by atoms with Gasteiger partial charge in [0.1, 0.15) is 0 Å². The van der Waals surface area contributed by atoms with Crippen molar-refractivity contribution in [2.75, 3.05) is 5.32 Å². The van der Waals surface area contributed by atoms with E-state index in [4.69, 9.17) is 5.26 Å². The summed E-state index contributed by atoms with van der Waals surface area (Å²) >= 11 is 0. The van der Waals surface area contributed by atoms with Crippen LogP contribution in [0.5, 0.6) is 0 Å². The van der Waals surface area contributed by atoms with E-state index in [1.165, 1.54) is 26.0 Å². The van der Waals surface area contributed by atoms with E-state index in [1.54, 1.807) is 30.3 Å². The Bertz CT molecular complexity index is 790. The van der Waals surface area contributed by atoms with Gasteiger partial charge in [0.05, 0.1) is 22.6 Å². The number of amides is 1. The van der Waals surface area contributed by atoms with Gasteiger partial charge in [-0.3, -0.25) is 4.79 Å². The highest BCUT2D eigenvalue weighted by atomic mass is 19.4. The fourth-order valence-corrected chi connectivity index (χ4v) is 2.20. The van der Waals surface area contributed by atoms with Gasteiger partial charge >= 0.3 is 6.18 Å². The number of para-hydroxylation sites is 1. The molecule has 124 valence electrons. The topological polar surface area (TPSA) is 52.9 Å². The summed E-state index contributed by atoms with van der Waals surface area (Å²) in [5.74, 6) is -0.438. The summed E-state index contributed by atoms with van der Waals surface area (Å²) in [6, 6.07) is 13.5. The van der Waals surface area contributed by atoms with E-state index >= 15 is 0 Å². The smallest absolute Gasteiger partial charge is 0.325 e. The SMILES string of the molecule is CC(C)(C(=O)Nc1ccccc1)c1ccc(C#N)c(C(F)(F)F)c1. The van der Waals surface area contributed by atoms with Gasteiger partial charge in [0, 0.05) is 5.69 Å². The number of nitrogens with zero attached hydrogens (tertiary/aromatic N) is 1. The molecule has 24 heavy (non-hydrogen) atoms. The zero-order valence-electron chi connectivity index (χ0n) is 13.1. The normalized spacial score (nSPS) is 11.7. The Hall–Kier alpha value is -2.81. The lowest BCUT2D eigenvalue weighted by molar-refractivity contribution is -0.138. The van der Waals surface area contributed by atoms with Crippen LogP contribution in [-0.4, -0.2) is 5.91 Å². The number of rotatable bonds is 3. The van der Waals surface area contributed by atoms with Crippen molar-refractivity contribution >= 4 is 11.6 Å². The quantitative estimate of drug-likeness (QED) is 0.900. The first-order valence-corrected chi connectivity index (χ1v) is 7.14. The molecular weight excluding hydrogens is 317 g/mol. The molecule has 0 fully saturated rings. The molecule has 2 aromatic carbocycles. The molecule has 0 aliphatic heterocycles. The summed E-state index contributed by atoms with van der Waals surface area (Å²) in [7, 11) is 0. The van der Waals surface area contributed by atoms with Crippen LogP contribution in [0.3, 0.4) is 0 Å². The van der Waals surface area contributed by atoms with Crippen molar-refractivity contribution in [1.82, 2.24) is 0 Å². The minimum Gasteiger partial charge on any atom is -0.325 e. The molecule has 2 rings (SSSR count). The average molecular weight is 332 g/mol. The van der Waals surface area contributed by atoms with Crippen molar-refractivity contribution in [2.45, 2.75) is 25.4 Å². The van der Waals surface area contributed by atoms with Crippen molar-refractivity contribution in [3.05, 3.63) is 65.2 Å². The van der Waals surface area contributed by atoms with Crippen molar-refractivity contribution in [3.8, 4) is 6.07 Å². The monoisotopic (exact) mass is 332 g/mol. The number of alkyl halides is 3. The van der Waals surface area contributed by atoms with Gasteiger partial charge in [-0.15, -0.1) is 0 Å². The van der Waals surface area contributed by atoms with Gasteiger partial charge in [-0.2, -0.15) is 18.4 Å². The molecule has 0 aliphatic carbocycles. The first kappa shape index (κ1) is 17.5. The lowest BCUT2D eigenvalue weighted by Gasteiger charge is -2.25. The van der Waals surface area contributed by atoms with E-state index in [0.717, 1.165) is 12.1 Å². The van der Waals surface area contributed by atoms with Crippen LogP contribution >= 0.6 is 0 Å². The number of hydrogen-bond acceptors (Lipinski definition) is 2. The molecule has 1 N–H and O–H groups in total. The first-order valence-electron chi connectivity index (χ1n) is 7.14. The van der Waals surface area contributed by atoms with E-state index in [9.17, 15) is 18.0 Å². The number of hydrogen-bond donors (Lipinski definition) is 1. The molecule has 0 unspecified atom stereocenters. The van der Waals surface area contributed by atoms with Gasteiger partial charge in [-0.1, -0.05) is 24.3 Å². The molecule has 0 saturated heterocycles. The van der Waals surface area contributed by atoms with Crippen molar-refractivity contribution < 1.29 is 18.0 Å². The van der Waals surface area contributed by atoms with Crippen LogP contribution in [0.2, 0.25) is 0 Å². The van der Waals surface area contributed by atoms with Gasteiger partial charge < -0.3 is 5.32 Å². The molecule has 1 amide bonds. The predicted octanol–water partition coefficient (Wildman–Crippen LogP) is 4.49. The van der Waals surface area contributed by atoms with E-state index in [2.05, 4.69) is 5.32 Å². The Morgan fingerprint density at radius 3 is 2.25 bits per heavy atom. The predicted molar refractivity (Wildman–Crippen MR) is 84.3 cm³/mol. The highest BCUT2D eigenvalue weighted by Gasteiger charge is 2.37. The zero-order chi connectivity index (χ0) is 18.0. The van der Waals surface area contributed by atoms with Crippen molar-refractivity contribution in [3.63, 3.8) is 0 Å². The van der Waals surface area contributed by atoms with Crippen LogP contribution in [0.4, 0.5) is 18.9 Å². The summed E-state index contributed by atoms with van der Waals surface area (Å²) < 4.78 is 39.3. The van der Waals surface area contributed by atoms with Gasteiger partial charge in [0.25, 0.3) is 0 Å². The second-order valence-corrected chi connectivity index (χ2v) is 5.82. The average Bonchev–Trinajstić information content (AvgIpc) is 2.54. The number of halogens is 3. The molecule has 0 spiro atoms. The Morgan fingerprint density at radius 1 is 1.08 bits per heavy atom.